The lowest BCUT2D eigenvalue weighted by atomic mass is 10.1. The fraction of sp³-hybridized carbons (Fsp3) is 0.476. The molecule has 0 fully saturated rings. The van der Waals surface area contributed by atoms with Crippen LogP contribution in [0.5, 0.6) is 5.75 Å². The van der Waals surface area contributed by atoms with Gasteiger partial charge in [-0.1, -0.05) is 6.92 Å². The maximum atomic E-state index is 12.7. The van der Waals surface area contributed by atoms with Crippen LogP contribution in [0.1, 0.15) is 39.7 Å². The van der Waals surface area contributed by atoms with Gasteiger partial charge in [0.2, 0.25) is 0 Å². The number of amides is 1. The molecule has 2 rings (SSSR count). The molecule has 7 nitrogen and oxygen atoms in total. The summed E-state index contributed by atoms with van der Waals surface area (Å²) in [6, 6.07) is 5.49. The second-order valence-corrected chi connectivity index (χ2v) is 8.49. The lowest BCUT2D eigenvalue weighted by molar-refractivity contribution is -0.136. The van der Waals surface area contributed by atoms with E-state index in [0.29, 0.717) is 24.2 Å². The van der Waals surface area contributed by atoms with Crippen LogP contribution in [0.15, 0.2) is 33.5 Å². The van der Waals surface area contributed by atoms with Crippen LogP contribution in [0.3, 0.4) is 0 Å². The molecule has 0 spiro atoms. The molecule has 1 aromatic carbocycles. The standard InChI is InChI=1S/C21H27NO6S/c1-6-13-11-18(23)27-17-12-14(7-8-15(13)17)26-19(24)16(9-10-29-5)22-20(25)28-21(2,3)4/h7-8,11-12,16H,6,9-10H2,1-5H3,(H,22,25)/t16-/m0/s1. The first-order valence-electron chi connectivity index (χ1n) is 9.40. The Balaban J connectivity index is 2.19. The van der Waals surface area contributed by atoms with Crippen molar-refractivity contribution in [2.75, 3.05) is 12.0 Å². The van der Waals surface area contributed by atoms with Crippen molar-refractivity contribution >= 4 is 34.8 Å². The Bertz CT molecular complexity index is 931. The van der Waals surface area contributed by atoms with Gasteiger partial charge < -0.3 is 19.2 Å². The zero-order valence-electron chi connectivity index (χ0n) is 17.4. The van der Waals surface area contributed by atoms with Gasteiger partial charge in [-0.15, -0.1) is 0 Å². The molecule has 29 heavy (non-hydrogen) atoms. The van der Waals surface area contributed by atoms with Crippen LogP contribution in [-0.2, 0) is 16.0 Å². The lowest BCUT2D eigenvalue weighted by Gasteiger charge is -2.22. The molecule has 1 heterocycles. The lowest BCUT2D eigenvalue weighted by Crippen LogP contribution is -2.45. The van der Waals surface area contributed by atoms with Crippen molar-refractivity contribution in [2.45, 2.75) is 52.2 Å². The minimum atomic E-state index is -0.859. The monoisotopic (exact) mass is 421 g/mol. The average molecular weight is 422 g/mol. The summed E-state index contributed by atoms with van der Waals surface area (Å²) < 4.78 is 15.9. The molecule has 0 saturated heterocycles. The average Bonchev–Trinajstić information content (AvgIpc) is 2.62. The number of hydrogen-bond donors (Lipinski definition) is 1. The third-order valence-corrected chi connectivity index (χ3v) is 4.63. The molecular formula is C21H27NO6S. The van der Waals surface area contributed by atoms with Crippen LogP contribution in [0.4, 0.5) is 4.79 Å². The number of ether oxygens (including phenoxy) is 2. The van der Waals surface area contributed by atoms with Gasteiger partial charge in [-0.3, -0.25) is 0 Å². The largest absolute Gasteiger partial charge is 0.444 e. The van der Waals surface area contributed by atoms with E-state index in [1.54, 1.807) is 44.7 Å². The normalized spacial score (nSPS) is 12.4. The van der Waals surface area contributed by atoms with Crippen LogP contribution in [-0.4, -0.2) is 35.7 Å². The minimum Gasteiger partial charge on any atom is -0.444 e. The number of carbonyl (C=O) groups is 2. The third-order valence-electron chi connectivity index (χ3n) is 3.99. The zero-order chi connectivity index (χ0) is 21.6. The SMILES string of the molecule is CCc1cc(=O)oc2cc(OC(=O)[C@H](CCSC)NC(=O)OC(C)(C)C)ccc12. The zero-order valence-corrected chi connectivity index (χ0v) is 18.2. The van der Waals surface area contributed by atoms with E-state index in [1.807, 2.05) is 13.2 Å². The smallest absolute Gasteiger partial charge is 0.408 e. The van der Waals surface area contributed by atoms with Crippen molar-refractivity contribution in [3.63, 3.8) is 0 Å². The van der Waals surface area contributed by atoms with E-state index in [1.165, 1.54) is 12.1 Å². The highest BCUT2D eigenvalue weighted by Gasteiger charge is 2.26. The number of aryl methyl sites for hydroxylation is 1. The van der Waals surface area contributed by atoms with Crippen molar-refractivity contribution in [1.82, 2.24) is 5.32 Å². The molecule has 158 valence electrons. The molecule has 0 unspecified atom stereocenters. The van der Waals surface area contributed by atoms with Gasteiger partial charge in [-0.05, 0) is 63.3 Å². The fourth-order valence-corrected chi connectivity index (χ4v) is 3.16. The highest BCUT2D eigenvalue weighted by atomic mass is 32.2. The summed E-state index contributed by atoms with van der Waals surface area (Å²) in [6.45, 7) is 7.18. The molecule has 0 aliphatic carbocycles. The first-order valence-corrected chi connectivity index (χ1v) is 10.8. The summed E-state index contributed by atoms with van der Waals surface area (Å²) in [5, 5.41) is 3.36. The number of alkyl carbamates (subject to hydrolysis) is 1. The van der Waals surface area contributed by atoms with E-state index >= 15 is 0 Å². The number of nitrogens with one attached hydrogen (secondary N) is 1. The summed E-state index contributed by atoms with van der Waals surface area (Å²) in [5.41, 5.74) is 0.0755. The number of fused-ring (bicyclic) bond motifs is 1. The molecule has 0 aliphatic heterocycles. The highest BCUT2D eigenvalue weighted by Crippen LogP contribution is 2.23. The number of thioether (sulfide) groups is 1. The molecule has 0 radical (unpaired) electrons. The first-order chi connectivity index (χ1) is 13.6. The Kier molecular flexibility index (Phi) is 7.73. The molecule has 0 aliphatic rings. The molecule has 8 heteroatoms. The summed E-state index contributed by atoms with van der Waals surface area (Å²) in [4.78, 5) is 36.4. The maximum absolute atomic E-state index is 12.7. The first kappa shape index (κ1) is 22.8. The summed E-state index contributed by atoms with van der Waals surface area (Å²) in [5.74, 6) is 0.277. The van der Waals surface area contributed by atoms with E-state index in [0.717, 1.165) is 10.9 Å². The minimum absolute atomic E-state index is 0.235. The number of esters is 1. The Morgan fingerprint density at radius 1 is 1.24 bits per heavy atom. The fourth-order valence-electron chi connectivity index (χ4n) is 2.69. The molecule has 2 aromatic rings. The predicted octanol–water partition coefficient (Wildman–Crippen LogP) is 3.91. The summed E-state index contributed by atoms with van der Waals surface area (Å²) >= 11 is 1.55. The second-order valence-electron chi connectivity index (χ2n) is 7.50. The Hall–Kier alpha value is -2.48. The van der Waals surface area contributed by atoms with Crippen LogP contribution in [0, 0.1) is 0 Å². The number of hydrogen-bond acceptors (Lipinski definition) is 7. The van der Waals surface area contributed by atoms with Gasteiger partial charge in [0.1, 0.15) is 23.0 Å². The van der Waals surface area contributed by atoms with Crippen molar-refractivity contribution in [1.29, 1.82) is 0 Å². The molecule has 1 N–H and O–H groups in total. The van der Waals surface area contributed by atoms with Crippen LogP contribution >= 0.6 is 11.8 Å². The quantitative estimate of drug-likeness (QED) is 0.411. The second kappa shape index (κ2) is 9.82. The van der Waals surface area contributed by atoms with Crippen LogP contribution in [0.2, 0.25) is 0 Å². The van der Waals surface area contributed by atoms with Gasteiger partial charge in [0.25, 0.3) is 0 Å². The van der Waals surface area contributed by atoms with Gasteiger partial charge in [-0.2, -0.15) is 11.8 Å². The van der Waals surface area contributed by atoms with Gasteiger partial charge in [-0.25, -0.2) is 14.4 Å². The predicted molar refractivity (Wildman–Crippen MR) is 114 cm³/mol. The van der Waals surface area contributed by atoms with Gasteiger partial charge >= 0.3 is 17.7 Å². The van der Waals surface area contributed by atoms with Crippen LogP contribution < -0.4 is 15.7 Å². The van der Waals surface area contributed by atoms with Crippen molar-refractivity contribution in [3.05, 3.63) is 40.2 Å². The highest BCUT2D eigenvalue weighted by molar-refractivity contribution is 7.98. The van der Waals surface area contributed by atoms with E-state index < -0.39 is 29.3 Å². The van der Waals surface area contributed by atoms with Gasteiger partial charge in [0.05, 0.1) is 0 Å². The molecular weight excluding hydrogens is 394 g/mol. The molecule has 0 bridgehead atoms. The number of carbonyl (C=O) groups excluding carboxylic acids is 2. The van der Waals surface area contributed by atoms with Crippen molar-refractivity contribution < 1.29 is 23.5 Å². The Morgan fingerprint density at radius 3 is 2.59 bits per heavy atom. The van der Waals surface area contributed by atoms with E-state index in [9.17, 15) is 14.4 Å². The van der Waals surface area contributed by atoms with Gasteiger partial charge in [0.15, 0.2) is 0 Å². The molecule has 1 aromatic heterocycles. The van der Waals surface area contributed by atoms with E-state index in [-0.39, 0.29) is 5.75 Å². The van der Waals surface area contributed by atoms with Gasteiger partial charge in [0, 0.05) is 17.5 Å². The Labute approximate surface area is 174 Å². The van der Waals surface area contributed by atoms with Crippen LogP contribution in [0.25, 0.3) is 11.0 Å². The van der Waals surface area contributed by atoms with Crippen molar-refractivity contribution in [2.24, 2.45) is 0 Å². The van der Waals surface area contributed by atoms with E-state index in [4.69, 9.17) is 13.9 Å². The molecule has 1 amide bonds. The number of rotatable bonds is 7. The van der Waals surface area contributed by atoms with E-state index in [2.05, 4.69) is 5.32 Å². The summed E-state index contributed by atoms with van der Waals surface area (Å²) in [6.07, 6.45) is 2.30. The molecule has 0 saturated carbocycles. The Morgan fingerprint density at radius 2 is 1.97 bits per heavy atom. The molecule has 1 atom stereocenters. The van der Waals surface area contributed by atoms with Crippen molar-refractivity contribution in [3.8, 4) is 5.75 Å². The topological polar surface area (TPSA) is 94.8 Å². The maximum Gasteiger partial charge on any atom is 0.408 e. The summed E-state index contributed by atoms with van der Waals surface area (Å²) in [7, 11) is 0. The number of benzene rings is 1. The third kappa shape index (κ3) is 6.81.